The van der Waals surface area contributed by atoms with E-state index in [1.807, 2.05) is 32.0 Å². The molecule has 1 aromatic heterocycles. The number of hydrogen-bond acceptors (Lipinski definition) is 11. The number of carbonyl (C=O) groups is 2. The number of nitrogens with zero attached hydrogens (tertiary/aromatic N) is 5. The highest BCUT2D eigenvalue weighted by molar-refractivity contribution is 6.06. The van der Waals surface area contributed by atoms with Crippen molar-refractivity contribution >= 4 is 34.9 Å². The van der Waals surface area contributed by atoms with Crippen LogP contribution >= 0.6 is 0 Å². The molecule has 3 N–H and O–H groups in total. The molecule has 2 heterocycles. The van der Waals surface area contributed by atoms with Crippen LogP contribution in [0.1, 0.15) is 17.3 Å². The van der Waals surface area contributed by atoms with E-state index in [1.165, 1.54) is 19.1 Å². The van der Waals surface area contributed by atoms with Gasteiger partial charge in [-0.2, -0.15) is 5.26 Å². The van der Waals surface area contributed by atoms with Crippen LogP contribution in [0.3, 0.4) is 0 Å². The van der Waals surface area contributed by atoms with Crippen LogP contribution in [0.4, 0.5) is 23.0 Å². The Hall–Kier alpha value is -5.37. The number of aromatic nitrogens is 2. The van der Waals surface area contributed by atoms with Crippen molar-refractivity contribution < 1.29 is 19.1 Å². The predicted octanol–water partition coefficient (Wildman–Crippen LogP) is 3.49. The normalized spacial score (nSPS) is 14.9. The van der Waals surface area contributed by atoms with Gasteiger partial charge in [-0.1, -0.05) is 30.3 Å². The molecule has 0 radical (unpaired) electrons. The average Bonchev–Trinajstić information content (AvgIpc) is 2.96. The standard InChI is InChI=1S/C29H29N7O4/c1-17-32-22(15-23(33-17)35(2)3)34-19-11-13-20(14-12-19)36-26(29(38)40-5)25(28(37)39-4)24(21(16-30)27(36)31)18-9-7-6-8-10-18/h6-15,24H,31H2,1-5H3,(H,32,33,34). The van der Waals surface area contributed by atoms with Gasteiger partial charge in [0, 0.05) is 31.5 Å². The molecular weight excluding hydrogens is 510 g/mol. The molecular formula is C29H29N7O4. The Morgan fingerprint density at radius 3 is 2.25 bits per heavy atom. The summed E-state index contributed by atoms with van der Waals surface area (Å²) in [4.78, 5) is 38.4. The summed E-state index contributed by atoms with van der Waals surface area (Å²) < 4.78 is 10.1. The molecule has 204 valence electrons. The fourth-order valence-electron chi connectivity index (χ4n) is 4.47. The monoisotopic (exact) mass is 539 g/mol. The number of allylic oxidation sites excluding steroid dienone is 1. The number of hydrogen-bond donors (Lipinski definition) is 2. The van der Waals surface area contributed by atoms with E-state index in [-0.39, 0.29) is 22.7 Å². The quantitative estimate of drug-likeness (QED) is 0.425. The van der Waals surface area contributed by atoms with Crippen molar-refractivity contribution in [3.05, 3.63) is 94.7 Å². The number of anilines is 4. The summed E-state index contributed by atoms with van der Waals surface area (Å²) >= 11 is 0. The Bertz CT molecular complexity index is 1540. The van der Waals surface area contributed by atoms with Crippen molar-refractivity contribution in [1.82, 2.24) is 9.97 Å². The van der Waals surface area contributed by atoms with E-state index in [0.717, 1.165) is 5.82 Å². The highest BCUT2D eigenvalue weighted by Gasteiger charge is 2.42. The van der Waals surface area contributed by atoms with Gasteiger partial charge < -0.3 is 25.4 Å². The van der Waals surface area contributed by atoms with E-state index in [2.05, 4.69) is 21.4 Å². The molecule has 0 amide bonds. The van der Waals surface area contributed by atoms with Crippen LogP contribution in [-0.2, 0) is 19.1 Å². The molecule has 4 rings (SSSR count). The predicted molar refractivity (Wildman–Crippen MR) is 150 cm³/mol. The lowest BCUT2D eigenvalue weighted by Gasteiger charge is -2.35. The first kappa shape index (κ1) is 27.7. The minimum Gasteiger partial charge on any atom is -0.466 e. The van der Waals surface area contributed by atoms with Crippen molar-refractivity contribution in [2.45, 2.75) is 12.8 Å². The maximum atomic E-state index is 13.2. The van der Waals surface area contributed by atoms with Gasteiger partial charge in [-0.15, -0.1) is 0 Å². The summed E-state index contributed by atoms with van der Waals surface area (Å²) in [6.45, 7) is 1.81. The SMILES string of the molecule is COC(=O)C1=C(C(=O)OC)N(c2ccc(Nc3cc(N(C)C)nc(C)n3)cc2)C(N)=C(C#N)C1c1ccccc1. The Morgan fingerprint density at radius 2 is 1.68 bits per heavy atom. The average molecular weight is 540 g/mol. The molecule has 40 heavy (non-hydrogen) atoms. The van der Waals surface area contributed by atoms with E-state index in [9.17, 15) is 14.9 Å². The zero-order valence-corrected chi connectivity index (χ0v) is 22.8. The van der Waals surface area contributed by atoms with E-state index in [1.54, 1.807) is 54.6 Å². The number of carbonyl (C=O) groups excluding carboxylic acids is 2. The first-order valence-corrected chi connectivity index (χ1v) is 12.3. The van der Waals surface area contributed by atoms with E-state index in [4.69, 9.17) is 15.2 Å². The van der Waals surface area contributed by atoms with Crippen LogP contribution in [0.5, 0.6) is 0 Å². The minimum atomic E-state index is -0.933. The van der Waals surface area contributed by atoms with Crippen molar-refractivity contribution in [2.75, 3.05) is 43.4 Å². The third kappa shape index (κ3) is 5.28. The van der Waals surface area contributed by atoms with Gasteiger partial charge in [0.1, 0.15) is 29.0 Å². The van der Waals surface area contributed by atoms with Crippen LogP contribution in [-0.4, -0.2) is 50.2 Å². The second-order valence-electron chi connectivity index (χ2n) is 9.06. The fourth-order valence-corrected chi connectivity index (χ4v) is 4.47. The molecule has 0 aliphatic carbocycles. The Balaban J connectivity index is 1.83. The second-order valence-corrected chi connectivity index (χ2v) is 9.06. The van der Waals surface area contributed by atoms with Gasteiger partial charge in [0.25, 0.3) is 0 Å². The lowest BCUT2D eigenvalue weighted by atomic mass is 9.81. The van der Waals surface area contributed by atoms with Crippen LogP contribution in [0.15, 0.2) is 83.3 Å². The number of aryl methyl sites for hydroxylation is 1. The third-order valence-electron chi connectivity index (χ3n) is 6.29. The second kappa shape index (κ2) is 11.6. The molecule has 11 heteroatoms. The summed E-state index contributed by atoms with van der Waals surface area (Å²) in [7, 11) is 6.20. The molecule has 0 spiro atoms. The first-order valence-electron chi connectivity index (χ1n) is 12.3. The van der Waals surface area contributed by atoms with Gasteiger partial charge in [-0.25, -0.2) is 19.6 Å². The molecule has 11 nitrogen and oxygen atoms in total. The highest BCUT2D eigenvalue weighted by atomic mass is 16.5. The molecule has 1 aliphatic rings. The molecule has 2 aromatic carbocycles. The Morgan fingerprint density at radius 1 is 1.02 bits per heavy atom. The van der Waals surface area contributed by atoms with Crippen LogP contribution < -0.4 is 20.9 Å². The van der Waals surface area contributed by atoms with Crippen molar-refractivity contribution in [3.63, 3.8) is 0 Å². The summed E-state index contributed by atoms with van der Waals surface area (Å²) in [5.74, 6) is -0.578. The topological polar surface area (TPSA) is 147 Å². The molecule has 1 atom stereocenters. The lowest BCUT2D eigenvalue weighted by molar-refractivity contribution is -0.139. The summed E-state index contributed by atoms with van der Waals surface area (Å²) in [5.41, 5.74) is 8.18. The number of esters is 2. The van der Waals surface area contributed by atoms with Gasteiger partial charge in [0.2, 0.25) is 0 Å². The fraction of sp³-hybridized carbons (Fsp3) is 0.207. The van der Waals surface area contributed by atoms with Gasteiger partial charge in [-0.05, 0) is 36.8 Å². The van der Waals surface area contributed by atoms with Crippen LogP contribution in [0, 0.1) is 18.3 Å². The van der Waals surface area contributed by atoms with Crippen molar-refractivity contribution in [2.24, 2.45) is 5.73 Å². The maximum Gasteiger partial charge on any atom is 0.355 e. The van der Waals surface area contributed by atoms with Crippen LogP contribution in [0.25, 0.3) is 0 Å². The summed E-state index contributed by atoms with van der Waals surface area (Å²) in [5, 5.41) is 13.4. The van der Waals surface area contributed by atoms with E-state index < -0.39 is 17.9 Å². The van der Waals surface area contributed by atoms with Crippen molar-refractivity contribution in [3.8, 4) is 6.07 Å². The van der Waals surface area contributed by atoms with Crippen LogP contribution in [0.2, 0.25) is 0 Å². The maximum absolute atomic E-state index is 13.2. The van der Waals surface area contributed by atoms with E-state index >= 15 is 0 Å². The Labute approximate surface area is 232 Å². The zero-order chi connectivity index (χ0) is 29.0. The number of nitrogens with one attached hydrogen (secondary N) is 1. The molecule has 3 aromatic rings. The van der Waals surface area contributed by atoms with E-state index in [0.29, 0.717) is 28.6 Å². The minimum absolute atomic E-state index is 0.00725. The van der Waals surface area contributed by atoms with Gasteiger partial charge >= 0.3 is 11.9 Å². The molecule has 0 bridgehead atoms. The number of ether oxygens (including phenoxy) is 2. The third-order valence-corrected chi connectivity index (χ3v) is 6.29. The highest BCUT2D eigenvalue weighted by Crippen LogP contribution is 2.43. The molecule has 0 saturated carbocycles. The van der Waals surface area contributed by atoms with Crippen molar-refractivity contribution in [1.29, 1.82) is 5.26 Å². The van der Waals surface area contributed by atoms with Gasteiger partial charge in [-0.3, -0.25) is 4.90 Å². The molecule has 1 unspecified atom stereocenters. The smallest absolute Gasteiger partial charge is 0.355 e. The Kier molecular flexibility index (Phi) is 8.00. The number of nitriles is 1. The first-order chi connectivity index (χ1) is 19.2. The molecule has 1 aliphatic heterocycles. The largest absolute Gasteiger partial charge is 0.466 e. The number of rotatable bonds is 7. The number of methoxy groups -OCH3 is 2. The number of benzene rings is 2. The molecule has 0 fully saturated rings. The summed E-state index contributed by atoms with van der Waals surface area (Å²) in [6.07, 6.45) is 0. The zero-order valence-electron chi connectivity index (χ0n) is 22.8. The summed E-state index contributed by atoms with van der Waals surface area (Å²) in [6, 6.07) is 19.7. The van der Waals surface area contributed by atoms with Gasteiger partial charge in [0.15, 0.2) is 0 Å². The molecule has 0 saturated heterocycles. The van der Waals surface area contributed by atoms with Gasteiger partial charge in [0.05, 0.1) is 37.4 Å². The number of nitrogens with two attached hydrogens (primary N) is 1. The lowest BCUT2D eigenvalue weighted by Crippen LogP contribution is -2.40.